The molecular weight excluding hydrogens is 228 g/mol. The predicted molar refractivity (Wildman–Crippen MR) is 73.8 cm³/mol. The van der Waals surface area contributed by atoms with Crippen molar-refractivity contribution in [2.45, 2.75) is 26.2 Å². The van der Waals surface area contributed by atoms with Gasteiger partial charge in [0, 0.05) is 27.2 Å². The number of hydrogen-bond donors (Lipinski definition) is 1. The standard InChI is InChI=1S/C12H22N6/c1-4-18(8-9-6-5-7-9)12-15-10(13)14-11(16-12)17(2)3/h9H,4-8H2,1-3H3,(H2,13,14,15,16). The van der Waals surface area contributed by atoms with Crippen molar-refractivity contribution in [1.29, 1.82) is 0 Å². The molecule has 1 heterocycles. The highest BCUT2D eigenvalue weighted by atomic mass is 15.3. The molecule has 2 rings (SSSR count). The summed E-state index contributed by atoms with van der Waals surface area (Å²) in [5, 5.41) is 0. The molecule has 0 amide bonds. The van der Waals surface area contributed by atoms with Gasteiger partial charge < -0.3 is 15.5 Å². The number of aromatic nitrogens is 3. The summed E-state index contributed by atoms with van der Waals surface area (Å²) in [7, 11) is 3.81. The Labute approximate surface area is 108 Å². The molecule has 0 unspecified atom stereocenters. The minimum Gasteiger partial charge on any atom is -0.368 e. The molecule has 18 heavy (non-hydrogen) atoms. The van der Waals surface area contributed by atoms with Crippen molar-refractivity contribution < 1.29 is 0 Å². The van der Waals surface area contributed by atoms with Crippen LogP contribution in [0.1, 0.15) is 26.2 Å². The van der Waals surface area contributed by atoms with Crippen LogP contribution >= 0.6 is 0 Å². The van der Waals surface area contributed by atoms with Crippen LogP contribution in [0, 0.1) is 5.92 Å². The summed E-state index contributed by atoms with van der Waals surface area (Å²) >= 11 is 0. The maximum Gasteiger partial charge on any atom is 0.231 e. The third-order valence-electron chi connectivity index (χ3n) is 3.40. The van der Waals surface area contributed by atoms with E-state index in [9.17, 15) is 0 Å². The zero-order valence-electron chi connectivity index (χ0n) is 11.4. The molecule has 6 nitrogen and oxygen atoms in total. The molecule has 1 aromatic heterocycles. The monoisotopic (exact) mass is 250 g/mol. The lowest BCUT2D eigenvalue weighted by atomic mass is 9.85. The molecule has 100 valence electrons. The van der Waals surface area contributed by atoms with Gasteiger partial charge >= 0.3 is 0 Å². The molecule has 2 N–H and O–H groups in total. The molecule has 0 radical (unpaired) electrons. The first kappa shape index (κ1) is 12.9. The highest BCUT2D eigenvalue weighted by molar-refractivity contribution is 5.42. The van der Waals surface area contributed by atoms with Gasteiger partial charge in [0.2, 0.25) is 17.8 Å². The molecular formula is C12H22N6. The fourth-order valence-corrected chi connectivity index (χ4v) is 2.05. The number of nitrogens with zero attached hydrogens (tertiary/aromatic N) is 5. The third-order valence-corrected chi connectivity index (χ3v) is 3.40. The lowest BCUT2D eigenvalue weighted by molar-refractivity contribution is 0.317. The van der Waals surface area contributed by atoms with E-state index in [2.05, 4.69) is 26.8 Å². The first-order valence-corrected chi connectivity index (χ1v) is 6.54. The van der Waals surface area contributed by atoms with Crippen LogP contribution in [0.5, 0.6) is 0 Å². The van der Waals surface area contributed by atoms with Crippen molar-refractivity contribution in [3.05, 3.63) is 0 Å². The smallest absolute Gasteiger partial charge is 0.231 e. The summed E-state index contributed by atoms with van der Waals surface area (Å²) in [6.45, 7) is 4.04. The van der Waals surface area contributed by atoms with Gasteiger partial charge in [-0.2, -0.15) is 15.0 Å². The quantitative estimate of drug-likeness (QED) is 0.845. The van der Waals surface area contributed by atoms with Crippen molar-refractivity contribution in [3.63, 3.8) is 0 Å². The van der Waals surface area contributed by atoms with Crippen LogP contribution in [0.2, 0.25) is 0 Å². The average molecular weight is 250 g/mol. The van der Waals surface area contributed by atoms with Gasteiger partial charge in [0.15, 0.2) is 0 Å². The van der Waals surface area contributed by atoms with Crippen LogP contribution < -0.4 is 15.5 Å². The van der Waals surface area contributed by atoms with Crippen molar-refractivity contribution in [3.8, 4) is 0 Å². The second-order valence-electron chi connectivity index (χ2n) is 5.02. The molecule has 0 spiro atoms. The van der Waals surface area contributed by atoms with Gasteiger partial charge in [0.1, 0.15) is 0 Å². The normalized spacial score (nSPS) is 15.3. The molecule has 0 atom stereocenters. The first-order chi connectivity index (χ1) is 8.60. The maximum atomic E-state index is 5.75. The molecule has 1 aromatic rings. The Morgan fingerprint density at radius 3 is 2.33 bits per heavy atom. The molecule has 0 saturated heterocycles. The highest BCUT2D eigenvalue weighted by Crippen LogP contribution is 2.28. The molecule has 1 aliphatic rings. The third kappa shape index (κ3) is 2.80. The van der Waals surface area contributed by atoms with E-state index in [0.29, 0.717) is 11.9 Å². The number of nitrogens with two attached hydrogens (primary N) is 1. The zero-order chi connectivity index (χ0) is 13.1. The number of rotatable bonds is 5. The van der Waals surface area contributed by atoms with E-state index in [4.69, 9.17) is 5.73 Å². The van der Waals surface area contributed by atoms with Gasteiger partial charge in [-0.05, 0) is 25.7 Å². The van der Waals surface area contributed by atoms with E-state index < -0.39 is 0 Å². The Morgan fingerprint density at radius 1 is 1.17 bits per heavy atom. The molecule has 1 aliphatic carbocycles. The van der Waals surface area contributed by atoms with Crippen LogP contribution in [-0.2, 0) is 0 Å². The SMILES string of the molecule is CCN(CC1CCC1)c1nc(N)nc(N(C)C)n1. The molecule has 0 aliphatic heterocycles. The fourth-order valence-electron chi connectivity index (χ4n) is 2.05. The largest absolute Gasteiger partial charge is 0.368 e. The van der Waals surface area contributed by atoms with Gasteiger partial charge in [0.05, 0.1) is 0 Å². The molecule has 0 aromatic carbocycles. The minimum atomic E-state index is 0.288. The summed E-state index contributed by atoms with van der Waals surface area (Å²) in [6, 6.07) is 0. The van der Waals surface area contributed by atoms with Gasteiger partial charge in [-0.15, -0.1) is 0 Å². The lowest BCUT2D eigenvalue weighted by Gasteiger charge is -2.32. The van der Waals surface area contributed by atoms with Crippen LogP contribution in [0.3, 0.4) is 0 Å². The van der Waals surface area contributed by atoms with Crippen molar-refractivity contribution >= 4 is 17.8 Å². The Kier molecular flexibility index (Phi) is 3.84. The zero-order valence-corrected chi connectivity index (χ0v) is 11.4. The number of nitrogen functional groups attached to an aromatic ring is 1. The van der Waals surface area contributed by atoms with Gasteiger partial charge in [-0.1, -0.05) is 6.42 Å². The maximum absolute atomic E-state index is 5.75. The Hall–Kier alpha value is -1.59. The van der Waals surface area contributed by atoms with Crippen molar-refractivity contribution in [2.75, 3.05) is 42.7 Å². The second-order valence-corrected chi connectivity index (χ2v) is 5.02. The average Bonchev–Trinajstić information content (AvgIpc) is 2.27. The van der Waals surface area contributed by atoms with E-state index in [0.717, 1.165) is 19.0 Å². The second kappa shape index (κ2) is 5.37. The summed E-state index contributed by atoms with van der Waals surface area (Å²) in [5.41, 5.74) is 5.75. The van der Waals surface area contributed by atoms with E-state index in [1.54, 1.807) is 0 Å². The highest BCUT2D eigenvalue weighted by Gasteiger charge is 2.22. The van der Waals surface area contributed by atoms with Crippen LogP contribution in [0.15, 0.2) is 0 Å². The minimum absolute atomic E-state index is 0.288. The van der Waals surface area contributed by atoms with Crippen molar-refractivity contribution in [1.82, 2.24) is 15.0 Å². The summed E-state index contributed by atoms with van der Waals surface area (Å²) in [4.78, 5) is 16.9. The van der Waals surface area contributed by atoms with Crippen LogP contribution in [0.4, 0.5) is 17.8 Å². The topological polar surface area (TPSA) is 71.2 Å². The summed E-state index contributed by atoms with van der Waals surface area (Å²) in [5.74, 6) is 2.38. The van der Waals surface area contributed by atoms with E-state index in [1.807, 2.05) is 19.0 Å². The molecule has 1 fully saturated rings. The number of anilines is 3. The number of hydrogen-bond acceptors (Lipinski definition) is 6. The van der Waals surface area contributed by atoms with E-state index >= 15 is 0 Å². The van der Waals surface area contributed by atoms with E-state index in [-0.39, 0.29) is 5.95 Å². The summed E-state index contributed by atoms with van der Waals surface area (Å²) < 4.78 is 0. The Balaban J connectivity index is 2.17. The lowest BCUT2D eigenvalue weighted by Crippen LogP contribution is -2.34. The molecule has 6 heteroatoms. The first-order valence-electron chi connectivity index (χ1n) is 6.54. The Morgan fingerprint density at radius 2 is 1.83 bits per heavy atom. The van der Waals surface area contributed by atoms with Crippen LogP contribution in [-0.4, -0.2) is 42.1 Å². The van der Waals surface area contributed by atoms with Gasteiger partial charge in [-0.3, -0.25) is 0 Å². The molecule has 0 bridgehead atoms. The van der Waals surface area contributed by atoms with Gasteiger partial charge in [-0.25, -0.2) is 0 Å². The van der Waals surface area contributed by atoms with E-state index in [1.165, 1.54) is 19.3 Å². The Bertz CT molecular complexity index is 402. The predicted octanol–water partition coefficient (Wildman–Crippen LogP) is 1.15. The van der Waals surface area contributed by atoms with Crippen LogP contribution in [0.25, 0.3) is 0 Å². The van der Waals surface area contributed by atoms with Crippen molar-refractivity contribution in [2.24, 2.45) is 5.92 Å². The summed E-state index contributed by atoms with van der Waals surface area (Å²) in [6.07, 6.45) is 3.99. The molecule has 1 saturated carbocycles. The van der Waals surface area contributed by atoms with Gasteiger partial charge in [0.25, 0.3) is 0 Å². The fraction of sp³-hybridized carbons (Fsp3) is 0.750.